The Balaban J connectivity index is 2.43. The Bertz CT molecular complexity index is 594. The molecule has 0 spiro atoms. The quantitative estimate of drug-likeness (QED) is 0.880. The summed E-state index contributed by atoms with van der Waals surface area (Å²) in [5.74, 6) is 1.54. The Morgan fingerprint density at radius 3 is 2.50 bits per heavy atom. The molecule has 1 aromatic heterocycles. The second-order valence-corrected chi connectivity index (χ2v) is 4.52. The number of nitrogens with zero attached hydrogens (tertiary/aromatic N) is 2. The van der Waals surface area contributed by atoms with Crippen LogP contribution < -0.4 is 10.5 Å². The molecule has 94 valence electrons. The third kappa shape index (κ3) is 2.42. The number of hydrogen-bond donors (Lipinski definition) is 1. The monoisotopic (exact) mass is 243 g/mol. The number of aryl methyl sites for hydroxylation is 3. The van der Waals surface area contributed by atoms with E-state index in [4.69, 9.17) is 10.5 Å². The first-order valence-electron chi connectivity index (χ1n) is 5.82. The highest BCUT2D eigenvalue weighted by Crippen LogP contribution is 2.29. The molecule has 0 unspecified atom stereocenters. The highest BCUT2D eigenvalue weighted by Gasteiger charge is 2.09. The van der Waals surface area contributed by atoms with Gasteiger partial charge in [-0.2, -0.15) is 4.98 Å². The smallest absolute Gasteiger partial charge is 0.226 e. The summed E-state index contributed by atoms with van der Waals surface area (Å²) in [5, 5.41) is 0. The van der Waals surface area contributed by atoms with Crippen LogP contribution in [0, 0.1) is 27.7 Å². The molecule has 1 heterocycles. The van der Waals surface area contributed by atoms with Gasteiger partial charge in [0.05, 0.1) is 0 Å². The zero-order chi connectivity index (χ0) is 13.3. The van der Waals surface area contributed by atoms with Gasteiger partial charge in [-0.15, -0.1) is 0 Å². The van der Waals surface area contributed by atoms with Crippen molar-refractivity contribution in [3.8, 4) is 11.6 Å². The van der Waals surface area contributed by atoms with Crippen molar-refractivity contribution < 1.29 is 4.74 Å². The summed E-state index contributed by atoms with van der Waals surface area (Å²) >= 11 is 0. The lowest BCUT2D eigenvalue weighted by atomic mass is 10.1. The predicted octanol–water partition coefficient (Wildman–Crippen LogP) is 3.08. The van der Waals surface area contributed by atoms with Crippen molar-refractivity contribution in [2.24, 2.45) is 0 Å². The van der Waals surface area contributed by atoms with Crippen molar-refractivity contribution in [1.82, 2.24) is 9.97 Å². The highest BCUT2D eigenvalue weighted by atomic mass is 16.5. The van der Waals surface area contributed by atoms with E-state index in [1.807, 2.05) is 26.8 Å². The van der Waals surface area contributed by atoms with Crippen molar-refractivity contribution in [3.63, 3.8) is 0 Å². The fraction of sp³-hybridized carbons (Fsp3) is 0.286. The van der Waals surface area contributed by atoms with Gasteiger partial charge in [0.15, 0.2) is 0 Å². The van der Waals surface area contributed by atoms with Crippen molar-refractivity contribution >= 4 is 5.95 Å². The van der Waals surface area contributed by atoms with Gasteiger partial charge in [-0.1, -0.05) is 6.07 Å². The zero-order valence-electron chi connectivity index (χ0n) is 11.1. The molecule has 0 amide bonds. The number of anilines is 1. The minimum absolute atomic E-state index is 0.220. The molecule has 0 saturated carbocycles. The number of benzene rings is 1. The van der Waals surface area contributed by atoms with Crippen LogP contribution in [0.1, 0.15) is 22.3 Å². The van der Waals surface area contributed by atoms with Crippen LogP contribution >= 0.6 is 0 Å². The number of aromatic nitrogens is 2. The Morgan fingerprint density at radius 2 is 1.78 bits per heavy atom. The second kappa shape index (κ2) is 4.64. The van der Waals surface area contributed by atoms with E-state index >= 15 is 0 Å². The summed E-state index contributed by atoms with van der Waals surface area (Å²) in [5.41, 5.74) is 9.91. The van der Waals surface area contributed by atoms with Gasteiger partial charge in [-0.25, -0.2) is 4.98 Å². The molecular weight excluding hydrogens is 226 g/mol. The van der Waals surface area contributed by atoms with Gasteiger partial charge in [0.25, 0.3) is 0 Å². The van der Waals surface area contributed by atoms with Gasteiger partial charge in [-0.05, 0) is 50.5 Å². The number of nitrogen functional groups attached to an aromatic ring is 1. The first kappa shape index (κ1) is 12.4. The Labute approximate surface area is 107 Å². The molecule has 1 aromatic carbocycles. The van der Waals surface area contributed by atoms with E-state index in [1.54, 1.807) is 6.20 Å². The molecule has 0 saturated heterocycles. The van der Waals surface area contributed by atoms with E-state index in [2.05, 4.69) is 23.0 Å². The van der Waals surface area contributed by atoms with Gasteiger partial charge < -0.3 is 10.5 Å². The number of ether oxygens (including phenoxy) is 1. The summed E-state index contributed by atoms with van der Waals surface area (Å²) in [7, 11) is 0. The maximum Gasteiger partial charge on any atom is 0.226 e. The van der Waals surface area contributed by atoms with Crippen molar-refractivity contribution in [1.29, 1.82) is 0 Å². The lowest BCUT2D eigenvalue weighted by molar-refractivity contribution is 0.454. The van der Waals surface area contributed by atoms with E-state index in [0.717, 1.165) is 22.4 Å². The van der Waals surface area contributed by atoms with E-state index in [-0.39, 0.29) is 5.95 Å². The SMILES string of the molecule is Cc1cc(C)c(C)c(Oc2nc(N)ncc2C)c1. The average molecular weight is 243 g/mol. The number of nitrogens with two attached hydrogens (primary N) is 1. The zero-order valence-corrected chi connectivity index (χ0v) is 11.1. The molecule has 4 heteroatoms. The molecule has 0 aliphatic carbocycles. The van der Waals surface area contributed by atoms with Crippen molar-refractivity contribution in [3.05, 3.63) is 40.6 Å². The lowest BCUT2D eigenvalue weighted by Gasteiger charge is -2.12. The van der Waals surface area contributed by atoms with E-state index in [1.165, 1.54) is 5.56 Å². The third-order valence-electron chi connectivity index (χ3n) is 2.91. The predicted molar refractivity (Wildman–Crippen MR) is 71.9 cm³/mol. The standard InChI is InChI=1S/C14H17N3O/c1-8-5-9(2)11(4)12(6-8)18-13-10(3)7-16-14(15)17-13/h5-7H,1-4H3,(H2,15,16,17). The van der Waals surface area contributed by atoms with Crippen molar-refractivity contribution in [2.45, 2.75) is 27.7 Å². The fourth-order valence-corrected chi connectivity index (χ4v) is 1.75. The minimum atomic E-state index is 0.220. The van der Waals surface area contributed by atoms with Gasteiger partial charge in [-0.3, -0.25) is 0 Å². The molecule has 2 N–H and O–H groups in total. The molecule has 4 nitrogen and oxygen atoms in total. The van der Waals surface area contributed by atoms with Crippen LogP contribution in [0.3, 0.4) is 0 Å². The minimum Gasteiger partial charge on any atom is -0.438 e. The molecule has 18 heavy (non-hydrogen) atoms. The Morgan fingerprint density at radius 1 is 1.06 bits per heavy atom. The second-order valence-electron chi connectivity index (χ2n) is 4.52. The van der Waals surface area contributed by atoms with Crippen LogP contribution in [-0.4, -0.2) is 9.97 Å². The first-order valence-corrected chi connectivity index (χ1v) is 5.82. The number of rotatable bonds is 2. The van der Waals surface area contributed by atoms with Crippen LogP contribution in [0.2, 0.25) is 0 Å². The van der Waals surface area contributed by atoms with E-state index < -0.39 is 0 Å². The van der Waals surface area contributed by atoms with Gasteiger partial charge in [0.1, 0.15) is 5.75 Å². The average Bonchev–Trinajstić information content (AvgIpc) is 2.30. The summed E-state index contributed by atoms with van der Waals surface area (Å²) in [4.78, 5) is 8.04. The molecule has 2 rings (SSSR count). The molecular formula is C14H17N3O. The normalized spacial score (nSPS) is 10.4. The highest BCUT2D eigenvalue weighted by molar-refractivity contribution is 5.44. The topological polar surface area (TPSA) is 61.0 Å². The summed E-state index contributed by atoms with van der Waals surface area (Å²) in [6.45, 7) is 8.04. The Hall–Kier alpha value is -2.10. The largest absolute Gasteiger partial charge is 0.438 e. The van der Waals surface area contributed by atoms with Crippen LogP contribution in [-0.2, 0) is 0 Å². The molecule has 0 radical (unpaired) electrons. The van der Waals surface area contributed by atoms with Gasteiger partial charge in [0, 0.05) is 11.8 Å². The van der Waals surface area contributed by atoms with E-state index in [9.17, 15) is 0 Å². The van der Waals surface area contributed by atoms with Gasteiger partial charge in [0.2, 0.25) is 11.8 Å². The van der Waals surface area contributed by atoms with Crippen molar-refractivity contribution in [2.75, 3.05) is 5.73 Å². The van der Waals surface area contributed by atoms with Gasteiger partial charge >= 0.3 is 0 Å². The van der Waals surface area contributed by atoms with Crippen LogP contribution in [0.25, 0.3) is 0 Å². The fourth-order valence-electron chi connectivity index (χ4n) is 1.75. The first-order chi connectivity index (χ1) is 8.47. The molecule has 2 aromatic rings. The molecule has 0 aliphatic rings. The lowest BCUT2D eigenvalue weighted by Crippen LogP contribution is -2.00. The molecule has 0 fully saturated rings. The summed E-state index contributed by atoms with van der Waals surface area (Å²) in [6, 6.07) is 4.13. The molecule has 0 bridgehead atoms. The van der Waals surface area contributed by atoms with E-state index in [0.29, 0.717) is 5.88 Å². The molecule has 0 aliphatic heterocycles. The van der Waals surface area contributed by atoms with Crippen LogP contribution in [0.5, 0.6) is 11.6 Å². The number of hydrogen-bond acceptors (Lipinski definition) is 4. The summed E-state index contributed by atoms with van der Waals surface area (Å²) in [6.07, 6.45) is 1.66. The van der Waals surface area contributed by atoms with Crippen LogP contribution in [0.4, 0.5) is 5.95 Å². The maximum absolute atomic E-state index is 5.85. The maximum atomic E-state index is 5.85. The molecule has 0 atom stereocenters. The third-order valence-corrected chi connectivity index (χ3v) is 2.91. The Kier molecular flexibility index (Phi) is 3.19. The van der Waals surface area contributed by atoms with Crippen LogP contribution in [0.15, 0.2) is 18.3 Å². The summed E-state index contributed by atoms with van der Waals surface area (Å²) < 4.78 is 5.85.